The highest BCUT2D eigenvalue weighted by atomic mass is 31.2. The quantitative estimate of drug-likeness (QED) is 0.0169. The molecule has 17 nitrogen and oxygen atoms in total. The SMILES string of the molecule is CCCCCC/C=C\C=C/CCCCCCCC(=O)O[C@H](COC(=O)CCCCCCCCCCCCCCCC)COP(=O)(O)OC[C@@H](O)COP(=O)(O)OC[C@@H](COC(=O)CCCCCCCCCC)OC(=O)CCCCCCCCCCCCC. The minimum absolute atomic E-state index is 0.0858. The molecule has 0 saturated heterocycles. The molecule has 0 rings (SSSR count). The summed E-state index contributed by atoms with van der Waals surface area (Å²) in [5, 5.41) is 10.6. The Morgan fingerprint density at radius 1 is 0.318 bits per heavy atom. The van der Waals surface area contributed by atoms with E-state index in [1.807, 2.05) is 0 Å². The lowest BCUT2D eigenvalue weighted by molar-refractivity contribution is -0.161. The summed E-state index contributed by atoms with van der Waals surface area (Å²) in [4.78, 5) is 72.4. The fourth-order valence-corrected chi connectivity index (χ4v) is 11.6. The first-order valence-corrected chi connectivity index (χ1v) is 38.6. The van der Waals surface area contributed by atoms with Gasteiger partial charge in [-0.05, 0) is 51.4 Å². The van der Waals surface area contributed by atoms with Gasteiger partial charge in [0, 0.05) is 25.7 Å². The van der Waals surface area contributed by atoms with Crippen molar-refractivity contribution >= 4 is 39.5 Å². The highest BCUT2D eigenvalue weighted by Gasteiger charge is 2.30. The number of phosphoric acid groups is 2. The van der Waals surface area contributed by atoms with Crippen LogP contribution in [0.2, 0.25) is 0 Å². The molecule has 0 bridgehead atoms. The first-order valence-electron chi connectivity index (χ1n) is 35.6. The van der Waals surface area contributed by atoms with E-state index in [2.05, 4.69) is 52.0 Å². The number of aliphatic hydroxyl groups excluding tert-OH is 1. The molecule has 5 atom stereocenters. The summed E-state index contributed by atoms with van der Waals surface area (Å²) in [6, 6.07) is 0. The largest absolute Gasteiger partial charge is 0.472 e. The summed E-state index contributed by atoms with van der Waals surface area (Å²) in [6.45, 7) is 4.84. The number of carbonyl (C=O) groups excluding carboxylic acids is 4. The van der Waals surface area contributed by atoms with E-state index in [-0.39, 0.29) is 25.7 Å². The van der Waals surface area contributed by atoms with Crippen molar-refractivity contribution in [2.75, 3.05) is 39.6 Å². The number of rotatable bonds is 68. The summed E-state index contributed by atoms with van der Waals surface area (Å²) >= 11 is 0. The summed E-state index contributed by atoms with van der Waals surface area (Å²) in [5.74, 6) is -2.16. The fourth-order valence-electron chi connectivity index (χ4n) is 9.98. The van der Waals surface area contributed by atoms with Gasteiger partial charge >= 0.3 is 39.5 Å². The molecule has 0 aliphatic rings. The lowest BCUT2D eigenvalue weighted by Crippen LogP contribution is -2.30. The Kier molecular flexibility index (Phi) is 61.5. The zero-order valence-corrected chi connectivity index (χ0v) is 58.0. The van der Waals surface area contributed by atoms with Gasteiger partial charge < -0.3 is 33.8 Å². The van der Waals surface area contributed by atoms with Gasteiger partial charge in [-0.25, -0.2) is 9.13 Å². The highest BCUT2D eigenvalue weighted by molar-refractivity contribution is 7.47. The number of unbranched alkanes of at least 4 members (excludes halogenated alkanes) is 39. The molecule has 0 radical (unpaired) electrons. The Labute approximate surface area is 535 Å². The van der Waals surface area contributed by atoms with Gasteiger partial charge in [-0.1, -0.05) is 283 Å². The second-order valence-electron chi connectivity index (χ2n) is 24.2. The monoisotopic (exact) mass is 1290 g/mol. The molecule has 0 amide bonds. The van der Waals surface area contributed by atoms with Crippen LogP contribution in [0.25, 0.3) is 0 Å². The van der Waals surface area contributed by atoms with Crippen LogP contribution in [0.15, 0.2) is 24.3 Å². The number of allylic oxidation sites excluding steroid dienone is 4. The topological polar surface area (TPSA) is 237 Å². The maximum Gasteiger partial charge on any atom is 0.472 e. The van der Waals surface area contributed by atoms with Crippen LogP contribution in [-0.2, 0) is 65.4 Å². The normalized spacial score (nSPS) is 14.2. The smallest absolute Gasteiger partial charge is 0.462 e. The maximum absolute atomic E-state index is 13.0. The zero-order chi connectivity index (χ0) is 64.7. The van der Waals surface area contributed by atoms with Crippen LogP contribution >= 0.6 is 15.6 Å². The van der Waals surface area contributed by atoms with E-state index in [4.69, 9.17) is 37.0 Å². The number of ether oxygens (including phenoxy) is 4. The molecule has 3 N–H and O–H groups in total. The molecule has 88 heavy (non-hydrogen) atoms. The van der Waals surface area contributed by atoms with Crippen LogP contribution in [0.4, 0.5) is 0 Å². The van der Waals surface area contributed by atoms with Crippen molar-refractivity contribution in [3.05, 3.63) is 24.3 Å². The van der Waals surface area contributed by atoms with Crippen LogP contribution in [0, 0.1) is 0 Å². The van der Waals surface area contributed by atoms with Gasteiger partial charge in [-0.15, -0.1) is 0 Å². The third-order valence-corrected chi connectivity index (χ3v) is 17.4. The molecule has 0 heterocycles. The van der Waals surface area contributed by atoms with Gasteiger partial charge in [-0.3, -0.25) is 37.3 Å². The van der Waals surface area contributed by atoms with Crippen LogP contribution in [0.3, 0.4) is 0 Å². The van der Waals surface area contributed by atoms with E-state index in [0.29, 0.717) is 25.7 Å². The second kappa shape index (κ2) is 63.3. The van der Waals surface area contributed by atoms with E-state index in [1.54, 1.807) is 0 Å². The standard InChI is InChI=1S/C69H130O17P2/c1-5-9-13-17-21-25-28-30-32-34-37-40-44-48-52-56-69(74)86-65(60-80-67(72)54-50-46-42-38-36-33-31-29-26-22-18-14-10-6-2)62-84-88(77,78)82-58-63(70)57-81-87(75,76)83-61-64(59-79-66(71)53-49-45-41-24-20-16-12-8-4)85-68(73)55-51-47-43-39-35-27-23-19-15-11-7-3/h25,28,30,32,63-65,70H,5-24,26-27,29,31,33-62H2,1-4H3,(H,75,76)(H,77,78)/b28-25-,32-30-/t63-,64+,65+/m0/s1. The highest BCUT2D eigenvalue weighted by Crippen LogP contribution is 2.45. The van der Waals surface area contributed by atoms with E-state index in [9.17, 15) is 43.2 Å². The lowest BCUT2D eigenvalue weighted by atomic mass is 10.0. The van der Waals surface area contributed by atoms with Crippen LogP contribution in [-0.4, -0.2) is 96.7 Å². The molecule has 19 heteroatoms. The molecule has 2 unspecified atom stereocenters. The van der Waals surface area contributed by atoms with Crippen molar-refractivity contribution in [2.45, 2.75) is 354 Å². The number of hydrogen-bond donors (Lipinski definition) is 3. The van der Waals surface area contributed by atoms with Gasteiger partial charge in [0.2, 0.25) is 0 Å². The van der Waals surface area contributed by atoms with Gasteiger partial charge in [0.25, 0.3) is 0 Å². The zero-order valence-electron chi connectivity index (χ0n) is 56.2. The summed E-state index contributed by atoms with van der Waals surface area (Å²) < 4.78 is 68.1. The molecule has 0 aromatic heterocycles. The Bertz CT molecular complexity index is 1780. The minimum atomic E-state index is -4.96. The van der Waals surface area contributed by atoms with Crippen LogP contribution < -0.4 is 0 Å². The second-order valence-corrected chi connectivity index (χ2v) is 27.1. The van der Waals surface area contributed by atoms with Crippen molar-refractivity contribution in [3.63, 3.8) is 0 Å². The number of aliphatic hydroxyl groups is 1. The minimum Gasteiger partial charge on any atom is -0.462 e. The van der Waals surface area contributed by atoms with Crippen molar-refractivity contribution < 1.29 is 80.2 Å². The van der Waals surface area contributed by atoms with Crippen molar-refractivity contribution in [1.29, 1.82) is 0 Å². The van der Waals surface area contributed by atoms with Gasteiger partial charge in [-0.2, -0.15) is 0 Å². The predicted molar refractivity (Wildman–Crippen MR) is 354 cm³/mol. The molecule has 0 aromatic rings. The maximum atomic E-state index is 13.0. The molecule has 0 aliphatic carbocycles. The van der Waals surface area contributed by atoms with E-state index in [0.717, 1.165) is 109 Å². The average Bonchev–Trinajstić information content (AvgIpc) is 3.70. The average molecular weight is 1290 g/mol. The summed E-state index contributed by atoms with van der Waals surface area (Å²) in [7, 11) is -9.90. The van der Waals surface area contributed by atoms with Crippen molar-refractivity contribution in [1.82, 2.24) is 0 Å². The van der Waals surface area contributed by atoms with E-state index >= 15 is 0 Å². The number of phosphoric ester groups is 2. The molecule has 0 aromatic carbocycles. The number of carbonyl (C=O) groups is 4. The molecular formula is C69H130O17P2. The molecule has 518 valence electrons. The number of hydrogen-bond acceptors (Lipinski definition) is 15. The van der Waals surface area contributed by atoms with Crippen LogP contribution in [0.5, 0.6) is 0 Å². The predicted octanol–water partition coefficient (Wildman–Crippen LogP) is 19.4. The Morgan fingerprint density at radius 2 is 0.545 bits per heavy atom. The first-order chi connectivity index (χ1) is 42.7. The molecule has 0 saturated carbocycles. The van der Waals surface area contributed by atoms with Crippen LogP contribution in [0.1, 0.15) is 336 Å². The van der Waals surface area contributed by atoms with Crippen molar-refractivity contribution in [2.24, 2.45) is 0 Å². The third-order valence-electron chi connectivity index (χ3n) is 15.5. The summed E-state index contributed by atoms with van der Waals surface area (Å²) in [6.07, 6.45) is 53.5. The molecule has 0 spiro atoms. The van der Waals surface area contributed by atoms with E-state index < -0.39 is 97.5 Å². The first kappa shape index (κ1) is 85.5. The van der Waals surface area contributed by atoms with Gasteiger partial charge in [0.1, 0.15) is 19.3 Å². The molecule has 0 aliphatic heterocycles. The third kappa shape index (κ3) is 62.4. The fraction of sp³-hybridized carbons (Fsp3) is 0.884. The Hall–Kier alpha value is -2.46. The van der Waals surface area contributed by atoms with Gasteiger partial charge in [0.05, 0.1) is 26.4 Å². The Balaban J connectivity index is 5.26. The van der Waals surface area contributed by atoms with E-state index in [1.165, 1.54) is 148 Å². The summed E-state index contributed by atoms with van der Waals surface area (Å²) in [5.41, 5.74) is 0. The number of esters is 4. The molecular weight excluding hydrogens is 1160 g/mol. The molecule has 0 fully saturated rings. The Morgan fingerprint density at radius 3 is 0.830 bits per heavy atom. The van der Waals surface area contributed by atoms with Crippen molar-refractivity contribution in [3.8, 4) is 0 Å². The van der Waals surface area contributed by atoms with Gasteiger partial charge in [0.15, 0.2) is 12.2 Å². The lowest BCUT2D eigenvalue weighted by Gasteiger charge is -2.21.